The van der Waals surface area contributed by atoms with E-state index in [1.54, 1.807) is 0 Å². The van der Waals surface area contributed by atoms with Gasteiger partial charge in [0.05, 0.1) is 12.3 Å². The third-order valence-corrected chi connectivity index (χ3v) is 3.35. The van der Waals surface area contributed by atoms with E-state index in [4.69, 9.17) is 23.2 Å². The zero-order valence-electron chi connectivity index (χ0n) is 8.90. The van der Waals surface area contributed by atoms with Crippen LogP contribution in [0, 0.1) is 5.92 Å². The Bertz CT molecular complexity index is 386. The average Bonchev–Trinajstić information content (AvgIpc) is 2.70. The van der Waals surface area contributed by atoms with Gasteiger partial charge >= 0.3 is 0 Å². The van der Waals surface area contributed by atoms with Crippen LogP contribution in [0.3, 0.4) is 0 Å². The van der Waals surface area contributed by atoms with Gasteiger partial charge in [0.1, 0.15) is 5.02 Å². The second-order valence-corrected chi connectivity index (χ2v) is 4.79. The maximum Gasteiger partial charge on any atom is 0.224 e. The van der Waals surface area contributed by atoms with Gasteiger partial charge in [0.15, 0.2) is 5.82 Å². The Morgan fingerprint density at radius 1 is 1.56 bits per heavy atom. The largest absolute Gasteiger partial charge is 0.393 e. The monoisotopic (exact) mass is 261 g/mol. The first-order chi connectivity index (χ1) is 7.58. The van der Waals surface area contributed by atoms with Crippen LogP contribution in [-0.2, 0) is 0 Å². The van der Waals surface area contributed by atoms with Gasteiger partial charge in [-0.1, -0.05) is 11.6 Å². The third kappa shape index (κ3) is 2.39. The molecule has 2 rings (SSSR count). The SMILES string of the molecule is CC(O)C1CCN(c2nc(Cl)ncc2Cl)C1. The van der Waals surface area contributed by atoms with E-state index < -0.39 is 0 Å². The van der Waals surface area contributed by atoms with E-state index in [0.29, 0.717) is 10.8 Å². The van der Waals surface area contributed by atoms with Crippen LogP contribution in [-0.4, -0.2) is 34.3 Å². The molecule has 1 saturated heterocycles. The molecule has 0 spiro atoms. The van der Waals surface area contributed by atoms with Crippen LogP contribution in [0.15, 0.2) is 6.20 Å². The molecule has 1 aliphatic heterocycles. The summed E-state index contributed by atoms with van der Waals surface area (Å²) in [4.78, 5) is 9.96. The van der Waals surface area contributed by atoms with Gasteiger partial charge in [0.25, 0.3) is 0 Å². The second-order valence-electron chi connectivity index (χ2n) is 4.05. The minimum Gasteiger partial charge on any atom is -0.393 e. The Balaban J connectivity index is 2.17. The van der Waals surface area contributed by atoms with Crippen LogP contribution in [0.1, 0.15) is 13.3 Å². The molecular weight excluding hydrogens is 249 g/mol. The number of aliphatic hydroxyl groups excluding tert-OH is 1. The topological polar surface area (TPSA) is 49.2 Å². The highest BCUT2D eigenvalue weighted by molar-refractivity contribution is 6.33. The van der Waals surface area contributed by atoms with Crippen LogP contribution in [0.2, 0.25) is 10.3 Å². The summed E-state index contributed by atoms with van der Waals surface area (Å²) in [6.07, 6.45) is 2.14. The smallest absolute Gasteiger partial charge is 0.224 e. The van der Waals surface area contributed by atoms with Crippen molar-refractivity contribution in [2.24, 2.45) is 5.92 Å². The second kappa shape index (κ2) is 4.73. The van der Waals surface area contributed by atoms with Gasteiger partial charge in [-0.15, -0.1) is 0 Å². The molecular formula is C10H13Cl2N3O. The van der Waals surface area contributed by atoms with Crippen LogP contribution < -0.4 is 4.90 Å². The minimum atomic E-state index is -0.305. The van der Waals surface area contributed by atoms with Crippen molar-refractivity contribution >= 4 is 29.0 Å². The van der Waals surface area contributed by atoms with Crippen LogP contribution in [0.5, 0.6) is 0 Å². The maximum absolute atomic E-state index is 9.52. The molecule has 1 aromatic rings. The minimum absolute atomic E-state index is 0.194. The molecule has 1 aliphatic rings. The summed E-state index contributed by atoms with van der Waals surface area (Å²) in [7, 11) is 0. The first-order valence-electron chi connectivity index (χ1n) is 5.19. The summed E-state index contributed by atoms with van der Waals surface area (Å²) in [5.74, 6) is 0.926. The highest BCUT2D eigenvalue weighted by Crippen LogP contribution is 2.29. The van der Waals surface area contributed by atoms with E-state index in [-0.39, 0.29) is 17.3 Å². The number of aromatic nitrogens is 2. The van der Waals surface area contributed by atoms with E-state index in [9.17, 15) is 5.11 Å². The van der Waals surface area contributed by atoms with Crippen molar-refractivity contribution < 1.29 is 5.11 Å². The van der Waals surface area contributed by atoms with Gasteiger partial charge in [-0.3, -0.25) is 0 Å². The number of hydrogen-bond donors (Lipinski definition) is 1. The molecule has 16 heavy (non-hydrogen) atoms. The van der Waals surface area contributed by atoms with Crippen molar-refractivity contribution in [2.75, 3.05) is 18.0 Å². The molecule has 2 unspecified atom stereocenters. The highest BCUT2D eigenvalue weighted by Gasteiger charge is 2.28. The normalized spacial score (nSPS) is 22.5. The standard InChI is InChI=1S/C10H13Cl2N3O/c1-6(16)7-2-3-15(5-7)9-8(11)4-13-10(12)14-9/h4,6-7,16H,2-3,5H2,1H3. The zero-order valence-corrected chi connectivity index (χ0v) is 10.4. The first kappa shape index (κ1) is 11.9. The molecule has 2 heterocycles. The lowest BCUT2D eigenvalue weighted by molar-refractivity contribution is 0.136. The summed E-state index contributed by atoms with van der Waals surface area (Å²) >= 11 is 11.8. The van der Waals surface area contributed by atoms with Gasteiger partial charge in [-0.05, 0) is 24.9 Å². The molecule has 0 radical (unpaired) electrons. The van der Waals surface area contributed by atoms with Crippen molar-refractivity contribution in [2.45, 2.75) is 19.4 Å². The van der Waals surface area contributed by atoms with Crippen molar-refractivity contribution in [3.63, 3.8) is 0 Å². The number of aliphatic hydroxyl groups is 1. The lowest BCUT2D eigenvalue weighted by atomic mass is 10.0. The molecule has 88 valence electrons. The number of rotatable bonds is 2. The molecule has 1 aromatic heterocycles. The highest BCUT2D eigenvalue weighted by atomic mass is 35.5. The van der Waals surface area contributed by atoms with Gasteiger partial charge in [0, 0.05) is 19.0 Å². The summed E-state index contributed by atoms with van der Waals surface area (Å²) < 4.78 is 0. The van der Waals surface area contributed by atoms with Crippen LogP contribution in [0.4, 0.5) is 5.82 Å². The Morgan fingerprint density at radius 3 is 2.94 bits per heavy atom. The van der Waals surface area contributed by atoms with Gasteiger partial charge < -0.3 is 10.0 Å². The van der Waals surface area contributed by atoms with Gasteiger partial charge in [0.2, 0.25) is 5.28 Å². The first-order valence-corrected chi connectivity index (χ1v) is 5.94. The summed E-state index contributed by atoms with van der Waals surface area (Å²) in [5.41, 5.74) is 0. The quantitative estimate of drug-likeness (QED) is 0.828. The van der Waals surface area contributed by atoms with Crippen LogP contribution >= 0.6 is 23.2 Å². The summed E-state index contributed by atoms with van der Waals surface area (Å²) in [6, 6.07) is 0. The fourth-order valence-corrected chi connectivity index (χ4v) is 2.27. The number of hydrogen-bond acceptors (Lipinski definition) is 4. The van der Waals surface area contributed by atoms with Gasteiger partial charge in [-0.2, -0.15) is 4.98 Å². The predicted molar refractivity (Wildman–Crippen MR) is 64.1 cm³/mol. The fourth-order valence-electron chi connectivity index (χ4n) is 1.93. The van der Waals surface area contributed by atoms with E-state index in [2.05, 4.69) is 9.97 Å². The zero-order chi connectivity index (χ0) is 11.7. The van der Waals surface area contributed by atoms with Gasteiger partial charge in [-0.25, -0.2) is 4.98 Å². The lowest BCUT2D eigenvalue weighted by Gasteiger charge is -2.19. The van der Waals surface area contributed by atoms with Crippen molar-refractivity contribution in [3.8, 4) is 0 Å². The lowest BCUT2D eigenvalue weighted by Crippen LogP contribution is -2.25. The predicted octanol–water partition coefficient (Wildman–Crippen LogP) is 1.99. The van der Waals surface area contributed by atoms with E-state index in [1.165, 1.54) is 6.20 Å². The van der Waals surface area contributed by atoms with Crippen molar-refractivity contribution in [1.82, 2.24) is 9.97 Å². The molecule has 0 aromatic carbocycles. The maximum atomic E-state index is 9.52. The van der Waals surface area contributed by atoms with E-state index >= 15 is 0 Å². The summed E-state index contributed by atoms with van der Waals surface area (Å²) in [5, 5.41) is 10.2. The molecule has 0 saturated carbocycles. The van der Waals surface area contributed by atoms with Crippen molar-refractivity contribution in [3.05, 3.63) is 16.5 Å². The molecule has 0 aliphatic carbocycles. The van der Waals surface area contributed by atoms with Crippen molar-refractivity contribution in [1.29, 1.82) is 0 Å². The Morgan fingerprint density at radius 2 is 2.31 bits per heavy atom. The molecule has 2 atom stereocenters. The molecule has 4 nitrogen and oxygen atoms in total. The molecule has 0 bridgehead atoms. The summed E-state index contributed by atoms with van der Waals surface area (Å²) in [6.45, 7) is 3.40. The third-order valence-electron chi connectivity index (χ3n) is 2.90. The van der Waals surface area contributed by atoms with E-state index in [0.717, 1.165) is 19.5 Å². The van der Waals surface area contributed by atoms with E-state index in [1.807, 2.05) is 11.8 Å². The fraction of sp³-hybridized carbons (Fsp3) is 0.600. The number of anilines is 1. The number of nitrogens with zero attached hydrogens (tertiary/aromatic N) is 3. The molecule has 0 amide bonds. The molecule has 1 N–H and O–H groups in total. The number of halogens is 2. The molecule has 1 fully saturated rings. The Labute approximate surface area is 104 Å². The Kier molecular flexibility index (Phi) is 3.52. The average molecular weight is 262 g/mol. The molecule has 6 heteroatoms. The Hall–Kier alpha value is -0.580. The van der Waals surface area contributed by atoms with Crippen LogP contribution in [0.25, 0.3) is 0 Å².